The lowest BCUT2D eigenvalue weighted by molar-refractivity contribution is 0.0594. The molecule has 92 valence electrons. The molecule has 1 aliphatic rings. The molecular formula is C11H15N3O3. The summed E-state index contributed by atoms with van der Waals surface area (Å²) in [4.78, 5) is 21.2. The number of aliphatic hydroxyl groups excluding tert-OH is 1. The van der Waals surface area contributed by atoms with E-state index in [0.29, 0.717) is 12.4 Å². The molecule has 0 spiro atoms. The topological polar surface area (TPSA) is 75.5 Å². The van der Waals surface area contributed by atoms with Crippen molar-refractivity contribution in [1.82, 2.24) is 9.97 Å². The Bertz CT molecular complexity index is 411. The van der Waals surface area contributed by atoms with Crippen molar-refractivity contribution in [3.63, 3.8) is 0 Å². The van der Waals surface area contributed by atoms with Crippen molar-refractivity contribution in [2.45, 2.75) is 18.9 Å². The van der Waals surface area contributed by atoms with Crippen LogP contribution in [0.2, 0.25) is 0 Å². The molecule has 1 aromatic rings. The predicted molar refractivity (Wildman–Crippen MR) is 60.8 cm³/mol. The summed E-state index contributed by atoms with van der Waals surface area (Å²) in [6.45, 7) is 1.37. The molecule has 0 amide bonds. The van der Waals surface area contributed by atoms with E-state index >= 15 is 0 Å². The molecule has 1 aromatic heterocycles. The number of carbonyl (C=O) groups excluding carboxylic acids is 1. The van der Waals surface area contributed by atoms with Gasteiger partial charge in [0.15, 0.2) is 5.69 Å². The van der Waals surface area contributed by atoms with Crippen molar-refractivity contribution in [1.29, 1.82) is 0 Å². The Hall–Kier alpha value is -1.69. The van der Waals surface area contributed by atoms with Crippen molar-refractivity contribution >= 4 is 11.8 Å². The Morgan fingerprint density at radius 3 is 3.12 bits per heavy atom. The minimum atomic E-state index is -0.480. The van der Waals surface area contributed by atoms with Gasteiger partial charge < -0.3 is 14.7 Å². The van der Waals surface area contributed by atoms with Crippen LogP contribution in [0.1, 0.15) is 23.3 Å². The fraction of sp³-hybridized carbons (Fsp3) is 0.545. The third-order valence-corrected chi connectivity index (χ3v) is 2.77. The minimum Gasteiger partial charge on any atom is -0.464 e. The average molecular weight is 237 g/mol. The van der Waals surface area contributed by atoms with Gasteiger partial charge in [0.25, 0.3) is 0 Å². The molecule has 2 heterocycles. The number of β-amino-alcohol motifs (C(OH)–C–C–N with tert-alkyl or cyclic N) is 1. The molecule has 2 rings (SSSR count). The molecule has 0 bridgehead atoms. The van der Waals surface area contributed by atoms with Gasteiger partial charge in [-0.25, -0.2) is 14.8 Å². The summed E-state index contributed by atoms with van der Waals surface area (Å²) in [6.07, 6.45) is 2.73. The van der Waals surface area contributed by atoms with Crippen LogP contribution in [0.25, 0.3) is 0 Å². The highest BCUT2D eigenvalue weighted by atomic mass is 16.5. The molecule has 1 aliphatic heterocycles. The number of methoxy groups -OCH3 is 1. The van der Waals surface area contributed by atoms with Crippen LogP contribution in [0.4, 0.5) is 5.82 Å². The van der Waals surface area contributed by atoms with Crippen LogP contribution in [0.5, 0.6) is 0 Å². The summed E-state index contributed by atoms with van der Waals surface area (Å²) in [7, 11) is 1.31. The lowest BCUT2D eigenvalue weighted by atomic mass is 10.1. The van der Waals surface area contributed by atoms with Gasteiger partial charge in [0, 0.05) is 19.2 Å². The number of hydrogen-bond acceptors (Lipinski definition) is 6. The minimum absolute atomic E-state index is 0.234. The molecule has 6 nitrogen and oxygen atoms in total. The number of esters is 1. The molecule has 17 heavy (non-hydrogen) atoms. The highest BCUT2D eigenvalue weighted by molar-refractivity contribution is 5.87. The highest BCUT2D eigenvalue weighted by Gasteiger charge is 2.20. The van der Waals surface area contributed by atoms with Crippen LogP contribution < -0.4 is 4.90 Å². The number of aliphatic hydroxyl groups is 1. The number of hydrogen-bond donors (Lipinski definition) is 1. The standard InChI is InChI=1S/C11H15N3O3/c1-17-11(16)9-5-10(13-7-12-9)14-4-2-3-8(15)6-14/h5,7-8,15H,2-4,6H2,1H3/t8-/m0/s1. The molecule has 1 atom stereocenters. The number of rotatable bonds is 2. The molecule has 0 aliphatic carbocycles. The average Bonchev–Trinajstić information content (AvgIpc) is 2.38. The van der Waals surface area contributed by atoms with E-state index in [4.69, 9.17) is 0 Å². The molecule has 6 heteroatoms. The van der Waals surface area contributed by atoms with E-state index in [-0.39, 0.29) is 11.8 Å². The molecule has 1 N–H and O–H groups in total. The maximum absolute atomic E-state index is 11.3. The van der Waals surface area contributed by atoms with E-state index in [2.05, 4.69) is 14.7 Å². The van der Waals surface area contributed by atoms with Gasteiger partial charge in [0.1, 0.15) is 12.1 Å². The van der Waals surface area contributed by atoms with Crippen LogP contribution in [-0.4, -0.2) is 47.3 Å². The first kappa shape index (κ1) is 11.8. The normalized spacial score (nSPS) is 20.1. The maximum atomic E-state index is 11.3. The quantitative estimate of drug-likeness (QED) is 0.742. The summed E-state index contributed by atoms with van der Waals surface area (Å²) >= 11 is 0. The van der Waals surface area contributed by atoms with Gasteiger partial charge in [0.05, 0.1) is 13.2 Å². The summed E-state index contributed by atoms with van der Waals surface area (Å²) in [5.74, 6) is 0.172. The van der Waals surface area contributed by atoms with Crippen molar-refractivity contribution < 1.29 is 14.6 Å². The number of piperidine rings is 1. The van der Waals surface area contributed by atoms with Crippen LogP contribution in [-0.2, 0) is 4.74 Å². The zero-order valence-corrected chi connectivity index (χ0v) is 9.67. The van der Waals surface area contributed by atoms with Crippen molar-refractivity contribution in [2.24, 2.45) is 0 Å². The van der Waals surface area contributed by atoms with Gasteiger partial charge in [-0.2, -0.15) is 0 Å². The molecule has 0 aromatic carbocycles. The third kappa shape index (κ3) is 2.71. The Balaban J connectivity index is 2.17. The lowest BCUT2D eigenvalue weighted by Gasteiger charge is -2.30. The van der Waals surface area contributed by atoms with Gasteiger partial charge in [-0.3, -0.25) is 0 Å². The summed E-state index contributed by atoms with van der Waals surface area (Å²) in [5.41, 5.74) is 0.234. The Morgan fingerprint density at radius 1 is 1.59 bits per heavy atom. The van der Waals surface area contributed by atoms with Crippen molar-refractivity contribution in [3.8, 4) is 0 Å². The fourth-order valence-corrected chi connectivity index (χ4v) is 1.90. The second kappa shape index (κ2) is 5.09. The first-order chi connectivity index (χ1) is 8.20. The summed E-state index contributed by atoms with van der Waals surface area (Å²) in [6, 6.07) is 1.59. The molecule has 1 fully saturated rings. The summed E-state index contributed by atoms with van der Waals surface area (Å²) < 4.78 is 4.60. The molecular weight excluding hydrogens is 222 g/mol. The molecule has 0 saturated carbocycles. The zero-order chi connectivity index (χ0) is 12.3. The number of anilines is 1. The number of ether oxygens (including phenoxy) is 1. The Labute approximate surface area is 99.2 Å². The SMILES string of the molecule is COC(=O)c1cc(N2CCC[C@H](O)C2)ncn1. The van der Waals surface area contributed by atoms with Crippen LogP contribution in [0.3, 0.4) is 0 Å². The van der Waals surface area contributed by atoms with Crippen LogP contribution in [0.15, 0.2) is 12.4 Å². The monoisotopic (exact) mass is 237 g/mol. The molecule has 0 radical (unpaired) electrons. The fourth-order valence-electron chi connectivity index (χ4n) is 1.90. The smallest absolute Gasteiger partial charge is 0.356 e. The van der Waals surface area contributed by atoms with E-state index < -0.39 is 5.97 Å². The number of carbonyl (C=O) groups is 1. The maximum Gasteiger partial charge on any atom is 0.356 e. The van der Waals surface area contributed by atoms with E-state index in [9.17, 15) is 9.90 Å². The van der Waals surface area contributed by atoms with Gasteiger partial charge >= 0.3 is 5.97 Å². The van der Waals surface area contributed by atoms with Gasteiger partial charge in [0.2, 0.25) is 0 Å². The highest BCUT2D eigenvalue weighted by Crippen LogP contribution is 2.18. The third-order valence-electron chi connectivity index (χ3n) is 2.77. The lowest BCUT2D eigenvalue weighted by Crippen LogP contribution is -2.38. The molecule has 0 unspecified atom stereocenters. The second-order valence-electron chi connectivity index (χ2n) is 4.00. The second-order valence-corrected chi connectivity index (χ2v) is 4.00. The number of aromatic nitrogens is 2. The van der Waals surface area contributed by atoms with Gasteiger partial charge in [-0.1, -0.05) is 0 Å². The van der Waals surface area contributed by atoms with Crippen molar-refractivity contribution in [2.75, 3.05) is 25.1 Å². The predicted octanol–water partition coefficient (Wildman–Crippen LogP) is 0.224. The molecule has 1 saturated heterocycles. The Kier molecular flexibility index (Phi) is 3.53. The van der Waals surface area contributed by atoms with E-state index in [1.54, 1.807) is 6.07 Å². The Morgan fingerprint density at radius 2 is 2.41 bits per heavy atom. The van der Waals surface area contributed by atoms with E-state index in [1.165, 1.54) is 13.4 Å². The van der Waals surface area contributed by atoms with Crippen LogP contribution >= 0.6 is 0 Å². The van der Waals surface area contributed by atoms with E-state index in [0.717, 1.165) is 19.4 Å². The number of nitrogens with zero attached hydrogens (tertiary/aromatic N) is 3. The van der Waals surface area contributed by atoms with Crippen molar-refractivity contribution in [3.05, 3.63) is 18.1 Å². The largest absolute Gasteiger partial charge is 0.464 e. The zero-order valence-electron chi connectivity index (χ0n) is 9.67. The van der Waals surface area contributed by atoms with Crippen LogP contribution in [0, 0.1) is 0 Å². The van der Waals surface area contributed by atoms with Gasteiger partial charge in [-0.15, -0.1) is 0 Å². The van der Waals surface area contributed by atoms with Gasteiger partial charge in [-0.05, 0) is 12.8 Å². The first-order valence-corrected chi connectivity index (χ1v) is 5.54. The van der Waals surface area contributed by atoms with E-state index in [1.807, 2.05) is 4.90 Å². The summed E-state index contributed by atoms with van der Waals surface area (Å²) in [5, 5.41) is 9.59. The first-order valence-electron chi connectivity index (χ1n) is 5.54.